The molecule has 0 spiro atoms. The maximum absolute atomic E-state index is 13.3. The molecule has 0 aliphatic rings. The van der Waals surface area contributed by atoms with E-state index in [1.165, 1.54) is 12.1 Å². The van der Waals surface area contributed by atoms with Crippen LogP contribution >= 0.6 is 0 Å². The summed E-state index contributed by atoms with van der Waals surface area (Å²) >= 11 is 0. The third-order valence-corrected chi connectivity index (χ3v) is 2.11. The van der Waals surface area contributed by atoms with Crippen LogP contribution in [0.4, 0.5) is 4.39 Å². The summed E-state index contributed by atoms with van der Waals surface area (Å²) < 4.78 is 13.3. The second-order valence-electron chi connectivity index (χ2n) is 3.23. The summed E-state index contributed by atoms with van der Waals surface area (Å²) in [4.78, 5) is 0. The highest BCUT2D eigenvalue weighted by Gasteiger charge is 2.17. The van der Waals surface area contributed by atoms with Gasteiger partial charge in [-0.1, -0.05) is 30.0 Å². The molecule has 0 fully saturated rings. The van der Waals surface area contributed by atoms with E-state index in [4.69, 9.17) is 5.11 Å². The Bertz CT molecular complexity index is 379. The van der Waals surface area contributed by atoms with Crippen LogP contribution in [0.3, 0.4) is 0 Å². The Morgan fingerprint density at radius 1 is 1.40 bits per heavy atom. The Labute approximate surface area is 88.4 Å². The van der Waals surface area contributed by atoms with Crippen LogP contribution in [0, 0.1) is 23.6 Å². The first-order valence-electron chi connectivity index (χ1n) is 4.68. The third kappa shape index (κ3) is 3.05. The van der Waals surface area contributed by atoms with E-state index in [2.05, 4.69) is 11.8 Å². The van der Waals surface area contributed by atoms with Gasteiger partial charge in [0.2, 0.25) is 0 Å². The van der Waals surface area contributed by atoms with Crippen molar-refractivity contribution in [1.82, 2.24) is 0 Å². The fraction of sp³-hybridized carbons (Fsp3) is 0.333. The maximum atomic E-state index is 13.3. The van der Waals surface area contributed by atoms with Crippen molar-refractivity contribution in [3.8, 4) is 11.8 Å². The number of benzene rings is 1. The largest absolute Gasteiger partial charge is 0.387 e. The zero-order chi connectivity index (χ0) is 11.3. The summed E-state index contributed by atoms with van der Waals surface area (Å²) in [6.07, 6.45) is -0.967. The molecule has 0 bridgehead atoms. The summed E-state index contributed by atoms with van der Waals surface area (Å²) in [6.45, 7) is 1.42. The minimum atomic E-state index is -0.967. The summed E-state index contributed by atoms with van der Waals surface area (Å²) in [5.41, 5.74) is 0.234. The lowest BCUT2D eigenvalue weighted by Gasteiger charge is -2.14. The quantitative estimate of drug-likeness (QED) is 0.723. The molecular weight excluding hydrogens is 195 g/mol. The van der Waals surface area contributed by atoms with Crippen LogP contribution in [0.15, 0.2) is 24.3 Å². The lowest BCUT2D eigenvalue weighted by Crippen LogP contribution is -2.09. The third-order valence-electron chi connectivity index (χ3n) is 2.11. The number of halogens is 1. The molecule has 1 aromatic rings. The summed E-state index contributed by atoms with van der Waals surface area (Å²) in [6, 6.07) is 6.05. The fourth-order valence-electron chi connectivity index (χ4n) is 1.27. The van der Waals surface area contributed by atoms with E-state index in [9.17, 15) is 9.50 Å². The molecule has 2 nitrogen and oxygen atoms in total. The van der Waals surface area contributed by atoms with Gasteiger partial charge in [-0.2, -0.15) is 0 Å². The lowest BCUT2D eigenvalue weighted by atomic mass is 9.97. The number of aliphatic hydroxyl groups excluding tert-OH is 2. The predicted octanol–water partition coefficient (Wildman–Crippen LogP) is 1.49. The molecule has 80 valence electrons. The second-order valence-corrected chi connectivity index (χ2v) is 3.23. The second kappa shape index (κ2) is 5.50. The van der Waals surface area contributed by atoms with Gasteiger partial charge in [0.15, 0.2) is 0 Å². The molecular formula is C12H13FO2. The van der Waals surface area contributed by atoms with Gasteiger partial charge in [0.25, 0.3) is 0 Å². The van der Waals surface area contributed by atoms with Crippen molar-refractivity contribution in [2.24, 2.45) is 5.92 Å². The van der Waals surface area contributed by atoms with Crippen LogP contribution in [0.25, 0.3) is 0 Å². The van der Waals surface area contributed by atoms with Crippen LogP contribution < -0.4 is 0 Å². The molecule has 0 heterocycles. The number of aliphatic hydroxyl groups is 2. The zero-order valence-electron chi connectivity index (χ0n) is 8.44. The highest BCUT2D eigenvalue weighted by atomic mass is 19.1. The van der Waals surface area contributed by atoms with Crippen molar-refractivity contribution < 1.29 is 14.6 Å². The first-order valence-corrected chi connectivity index (χ1v) is 4.68. The van der Waals surface area contributed by atoms with Gasteiger partial charge in [0.05, 0.1) is 6.10 Å². The van der Waals surface area contributed by atoms with Crippen molar-refractivity contribution in [3.05, 3.63) is 35.6 Å². The minimum absolute atomic E-state index is 0.234. The van der Waals surface area contributed by atoms with E-state index >= 15 is 0 Å². The molecule has 0 unspecified atom stereocenters. The smallest absolute Gasteiger partial charge is 0.129 e. The Balaban J connectivity index is 2.85. The standard InChI is InChI=1S/C12H13FO2/c1-9(5-4-8-14)12(15)10-6-2-3-7-11(10)13/h2-3,6-7,9,12,14-15H,8H2,1H3/t9-,12-/m1/s1. The summed E-state index contributed by atoms with van der Waals surface area (Å²) in [5.74, 6) is 4.23. The first kappa shape index (κ1) is 11.7. The molecule has 0 saturated heterocycles. The van der Waals surface area contributed by atoms with Gasteiger partial charge in [-0.05, 0) is 13.0 Å². The predicted molar refractivity (Wildman–Crippen MR) is 55.4 cm³/mol. The van der Waals surface area contributed by atoms with E-state index in [0.29, 0.717) is 0 Å². The van der Waals surface area contributed by atoms with Gasteiger partial charge in [-0.3, -0.25) is 0 Å². The molecule has 1 rings (SSSR count). The van der Waals surface area contributed by atoms with E-state index in [1.54, 1.807) is 19.1 Å². The number of rotatable bonds is 2. The van der Waals surface area contributed by atoms with Crippen molar-refractivity contribution in [2.75, 3.05) is 6.61 Å². The van der Waals surface area contributed by atoms with Crippen LogP contribution in [0.5, 0.6) is 0 Å². The average molecular weight is 208 g/mol. The molecule has 0 saturated carbocycles. The van der Waals surface area contributed by atoms with Crippen LogP contribution in [-0.4, -0.2) is 16.8 Å². The monoisotopic (exact) mass is 208 g/mol. The summed E-state index contributed by atoms with van der Waals surface area (Å²) in [5, 5.41) is 18.3. The molecule has 0 radical (unpaired) electrons. The molecule has 2 atom stereocenters. The topological polar surface area (TPSA) is 40.5 Å². The molecule has 0 aliphatic carbocycles. The van der Waals surface area contributed by atoms with E-state index in [-0.39, 0.29) is 12.2 Å². The lowest BCUT2D eigenvalue weighted by molar-refractivity contribution is 0.139. The van der Waals surface area contributed by atoms with Crippen molar-refractivity contribution in [1.29, 1.82) is 0 Å². The normalized spacial score (nSPS) is 13.9. The van der Waals surface area contributed by atoms with Crippen molar-refractivity contribution >= 4 is 0 Å². The average Bonchev–Trinajstić information content (AvgIpc) is 2.25. The van der Waals surface area contributed by atoms with Gasteiger partial charge in [0, 0.05) is 11.5 Å². The van der Waals surface area contributed by atoms with Crippen molar-refractivity contribution in [2.45, 2.75) is 13.0 Å². The first-order chi connectivity index (χ1) is 7.16. The Morgan fingerprint density at radius 2 is 2.07 bits per heavy atom. The van der Waals surface area contributed by atoms with Gasteiger partial charge in [-0.15, -0.1) is 0 Å². The van der Waals surface area contributed by atoms with Crippen LogP contribution in [0.2, 0.25) is 0 Å². The Kier molecular flexibility index (Phi) is 4.29. The van der Waals surface area contributed by atoms with Crippen LogP contribution in [-0.2, 0) is 0 Å². The molecule has 1 aromatic carbocycles. The SMILES string of the molecule is C[C@H](C#CCO)[C@@H](O)c1ccccc1F. The van der Waals surface area contributed by atoms with E-state index in [0.717, 1.165) is 0 Å². The number of hydrogen-bond acceptors (Lipinski definition) is 2. The fourth-order valence-corrected chi connectivity index (χ4v) is 1.27. The molecule has 0 aromatic heterocycles. The van der Waals surface area contributed by atoms with Crippen LogP contribution in [0.1, 0.15) is 18.6 Å². The molecule has 15 heavy (non-hydrogen) atoms. The van der Waals surface area contributed by atoms with Gasteiger partial charge in [-0.25, -0.2) is 4.39 Å². The number of hydrogen-bond donors (Lipinski definition) is 2. The Hall–Kier alpha value is -1.37. The summed E-state index contributed by atoms with van der Waals surface area (Å²) in [7, 11) is 0. The zero-order valence-corrected chi connectivity index (χ0v) is 8.44. The molecule has 0 amide bonds. The minimum Gasteiger partial charge on any atom is -0.387 e. The highest BCUT2D eigenvalue weighted by molar-refractivity contribution is 5.22. The molecule has 0 aliphatic heterocycles. The van der Waals surface area contributed by atoms with Gasteiger partial charge < -0.3 is 10.2 Å². The van der Waals surface area contributed by atoms with E-state index in [1.807, 2.05) is 0 Å². The van der Waals surface area contributed by atoms with Crippen molar-refractivity contribution in [3.63, 3.8) is 0 Å². The Morgan fingerprint density at radius 3 is 2.67 bits per heavy atom. The molecule has 2 N–H and O–H groups in total. The van der Waals surface area contributed by atoms with Gasteiger partial charge in [0.1, 0.15) is 12.4 Å². The maximum Gasteiger partial charge on any atom is 0.129 e. The molecule has 3 heteroatoms. The highest BCUT2D eigenvalue weighted by Crippen LogP contribution is 2.23. The van der Waals surface area contributed by atoms with Gasteiger partial charge >= 0.3 is 0 Å². The van der Waals surface area contributed by atoms with E-state index < -0.39 is 17.8 Å².